The number of rotatable bonds is 2. The zero-order valence-corrected chi connectivity index (χ0v) is 12.5. The van der Waals surface area contributed by atoms with E-state index >= 15 is 0 Å². The van der Waals surface area contributed by atoms with E-state index in [-0.39, 0.29) is 17.9 Å². The lowest BCUT2D eigenvalue weighted by atomic mass is 9.96. The zero-order valence-electron chi connectivity index (χ0n) is 12.5. The minimum atomic E-state index is -0.476. The number of hydrogen-bond acceptors (Lipinski definition) is 4. The van der Waals surface area contributed by atoms with Gasteiger partial charge in [-0.05, 0) is 33.6 Å². The number of piperidine rings is 1. The van der Waals surface area contributed by atoms with Crippen LogP contribution in [0.25, 0.3) is 0 Å². The van der Waals surface area contributed by atoms with Gasteiger partial charge in [-0.25, -0.2) is 9.80 Å². The first kappa shape index (κ1) is 15.8. The van der Waals surface area contributed by atoms with Gasteiger partial charge in [0.05, 0.1) is 0 Å². The van der Waals surface area contributed by atoms with Gasteiger partial charge >= 0.3 is 6.09 Å². The van der Waals surface area contributed by atoms with Gasteiger partial charge < -0.3 is 9.64 Å². The van der Waals surface area contributed by atoms with E-state index in [1.54, 1.807) is 24.0 Å². The van der Waals surface area contributed by atoms with Crippen molar-refractivity contribution in [3.63, 3.8) is 0 Å². The van der Waals surface area contributed by atoms with Gasteiger partial charge in [-0.3, -0.25) is 10.2 Å². The molecule has 0 aromatic rings. The van der Waals surface area contributed by atoms with E-state index in [4.69, 9.17) is 4.74 Å². The molecule has 2 amide bonds. The highest BCUT2D eigenvalue weighted by Crippen LogP contribution is 2.19. The maximum absolute atomic E-state index is 11.9. The molecule has 6 nitrogen and oxygen atoms in total. The molecule has 1 saturated heterocycles. The Balaban J connectivity index is 2.40. The van der Waals surface area contributed by atoms with Crippen molar-refractivity contribution < 1.29 is 14.3 Å². The average molecular weight is 271 g/mol. The van der Waals surface area contributed by atoms with Crippen LogP contribution in [0.4, 0.5) is 4.79 Å². The molecule has 1 aliphatic rings. The second kappa shape index (κ2) is 6.23. The molecule has 110 valence electrons. The number of likely N-dealkylation sites (tertiary alicyclic amines) is 1. The van der Waals surface area contributed by atoms with Crippen molar-refractivity contribution in [2.75, 3.05) is 27.2 Å². The van der Waals surface area contributed by atoms with Gasteiger partial charge in [-0.2, -0.15) is 0 Å². The number of amides is 2. The molecule has 19 heavy (non-hydrogen) atoms. The second-order valence-electron chi connectivity index (χ2n) is 6.11. The molecule has 0 unspecified atom stereocenters. The monoisotopic (exact) mass is 271 g/mol. The summed E-state index contributed by atoms with van der Waals surface area (Å²) in [5.74, 6) is -0.00470. The molecule has 0 spiro atoms. The first-order valence-electron chi connectivity index (χ1n) is 6.65. The van der Waals surface area contributed by atoms with Gasteiger partial charge in [0.1, 0.15) is 5.60 Å². The molecule has 0 bridgehead atoms. The van der Waals surface area contributed by atoms with Gasteiger partial charge in [0.15, 0.2) is 0 Å². The molecule has 1 N–H and O–H groups in total. The fourth-order valence-electron chi connectivity index (χ4n) is 1.96. The molecule has 1 aliphatic heterocycles. The van der Waals surface area contributed by atoms with E-state index < -0.39 is 5.60 Å². The molecule has 1 fully saturated rings. The Morgan fingerprint density at radius 1 is 1.21 bits per heavy atom. The van der Waals surface area contributed by atoms with Crippen molar-refractivity contribution in [1.82, 2.24) is 15.3 Å². The summed E-state index contributed by atoms with van der Waals surface area (Å²) in [6, 6.07) is 0. The molecule has 1 heterocycles. The lowest BCUT2D eigenvalue weighted by molar-refractivity contribution is -0.130. The number of hydrogen-bond donors (Lipinski definition) is 1. The van der Waals surface area contributed by atoms with Gasteiger partial charge in [-0.1, -0.05) is 0 Å². The Morgan fingerprint density at radius 2 is 1.74 bits per heavy atom. The van der Waals surface area contributed by atoms with Crippen molar-refractivity contribution in [2.24, 2.45) is 5.92 Å². The Morgan fingerprint density at radius 3 is 2.16 bits per heavy atom. The summed E-state index contributed by atoms with van der Waals surface area (Å²) in [5, 5.41) is 1.64. The molecular formula is C13H25N3O3. The van der Waals surface area contributed by atoms with Crippen LogP contribution in [-0.4, -0.2) is 54.7 Å². The van der Waals surface area contributed by atoms with E-state index in [0.717, 1.165) is 0 Å². The van der Waals surface area contributed by atoms with Crippen LogP contribution in [0.2, 0.25) is 0 Å². The highest BCUT2D eigenvalue weighted by molar-refractivity contribution is 5.78. The summed E-state index contributed by atoms with van der Waals surface area (Å²) in [6.07, 6.45) is 1.07. The summed E-state index contributed by atoms with van der Waals surface area (Å²) >= 11 is 0. The van der Waals surface area contributed by atoms with Gasteiger partial charge in [0, 0.05) is 33.1 Å². The minimum Gasteiger partial charge on any atom is -0.444 e. The number of ether oxygens (including phenoxy) is 1. The summed E-state index contributed by atoms with van der Waals surface area (Å²) < 4.78 is 5.32. The third-order valence-electron chi connectivity index (χ3n) is 2.85. The lowest BCUT2D eigenvalue weighted by Crippen LogP contribution is -2.47. The van der Waals surface area contributed by atoms with Crippen LogP contribution >= 0.6 is 0 Å². The smallest absolute Gasteiger partial charge is 0.410 e. The standard InChI is InChI=1S/C13H25N3O3/c1-13(2,3)19-12(18)16-8-6-10(7-9-16)11(17)14-15(4)5/h10H,6-9H2,1-5H3,(H,14,17). The Hall–Kier alpha value is -1.30. The fraction of sp³-hybridized carbons (Fsp3) is 0.846. The third-order valence-corrected chi connectivity index (χ3v) is 2.85. The predicted molar refractivity (Wildman–Crippen MR) is 72.4 cm³/mol. The molecule has 6 heteroatoms. The zero-order chi connectivity index (χ0) is 14.6. The van der Waals surface area contributed by atoms with Crippen LogP contribution < -0.4 is 5.43 Å². The van der Waals surface area contributed by atoms with Crippen molar-refractivity contribution in [1.29, 1.82) is 0 Å². The highest BCUT2D eigenvalue weighted by atomic mass is 16.6. The number of carbonyl (C=O) groups is 2. The first-order valence-corrected chi connectivity index (χ1v) is 6.65. The molecule has 1 rings (SSSR count). The van der Waals surface area contributed by atoms with Crippen molar-refractivity contribution in [3.8, 4) is 0 Å². The molecule has 0 aliphatic carbocycles. The van der Waals surface area contributed by atoms with E-state index in [0.29, 0.717) is 25.9 Å². The number of hydrazine groups is 1. The van der Waals surface area contributed by atoms with Crippen LogP contribution in [0.5, 0.6) is 0 Å². The Labute approximate surface area is 115 Å². The molecular weight excluding hydrogens is 246 g/mol. The van der Waals surface area contributed by atoms with Crippen LogP contribution in [0.15, 0.2) is 0 Å². The average Bonchev–Trinajstić information content (AvgIpc) is 2.26. The maximum atomic E-state index is 11.9. The number of carbonyl (C=O) groups excluding carboxylic acids is 2. The number of nitrogens with zero attached hydrogens (tertiary/aromatic N) is 2. The van der Waals surface area contributed by atoms with Crippen LogP contribution in [0.1, 0.15) is 33.6 Å². The van der Waals surface area contributed by atoms with E-state index in [9.17, 15) is 9.59 Å². The summed E-state index contributed by atoms with van der Waals surface area (Å²) in [4.78, 5) is 25.4. The highest BCUT2D eigenvalue weighted by Gasteiger charge is 2.29. The normalized spacial score (nSPS) is 17.5. The maximum Gasteiger partial charge on any atom is 0.410 e. The molecule has 0 aromatic heterocycles. The SMILES string of the molecule is CN(C)NC(=O)C1CCN(C(=O)OC(C)(C)C)CC1. The van der Waals surface area contributed by atoms with Gasteiger partial charge in [0.25, 0.3) is 0 Å². The van der Waals surface area contributed by atoms with Crippen LogP contribution in [-0.2, 0) is 9.53 Å². The van der Waals surface area contributed by atoms with Crippen molar-refractivity contribution in [3.05, 3.63) is 0 Å². The molecule has 0 radical (unpaired) electrons. The molecule has 0 saturated carbocycles. The van der Waals surface area contributed by atoms with E-state index in [1.165, 1.54) is 0 Å². The minimum absolute atomic E-state index is 0.0221. The van der Waals surface area contributed by atoms with Crippen LogP contribution in [0.3, 0.4) is 0 Å². The van der Waals surface area contributed by atoms with E-state index in [2.05, 4.69) is 5.43 Å². The van der Waals surface area contributed by atoms with Gasteiger partial charge in [-0.15, -0.1) is 0 Å². The second-order valence-corrected chi connectivity index (χ2v) is 6.11. The van der Waals surface area contributed by atoms with Gasteiger partial charge in [0.2, 0.25) is 5.91 Å². The summed E-state index contributed by atoms with van der Waals surface area (Å²) in [6.45, 7) is 6.69. The third kappa shape index (κ3) is 5.46. The topological polar surface area (TPSA) is 61.9 Å². The first-order chi connectivity index (χ1) is 8.69. The largest absolute Gasteiger partial charge is 0.444 e. The fourth-order valence-corrected chi connectivity index (χ4v) is 1.96. The lowest BCUT2D eigenvalue weighted by Gasteiger charge is -2.33. The summed E-state index contributed by atoms with van der Waals surface area (Å²) in [7, 11) is 3.57. The Kier molecular flexibility index (Phi) is 5.17. The quantitative estimate of drug-likeness (QED) is 0.767. The molecule has 0 atom stereocenters. The predicted octanol–water partition coefficient (Wildman–Crippen LogP) is 1.23. The van der Waals surface area contributed by atoms with Crippen LogP contribution in [0, 0.1) is 5.92 Å². The van der Waals surface area contributed by atoms with Crippen molar-refractivity contribution >= 4 is 12.0 Å². The number of nitrogens with one attached hydrogen (secondary N) is 1. The Bertz CT molecular complexity index is 329. The van der Waals surface area contributed by atoms with E-state index in [1.807, 2.05) is 20.8 Å². The molecule has 0 aromatic carbocycles. The summed E-state index contributed by atoms with van der Waals surface area (Å²) in [5.41, 5.74) is 2.28. The van der Waals surface area contributed by atoms with Crippen molar-refractivity contribution in [2.45, 2.75) is 39.2 Å².